The molecule has 12 heteroatoms. The Morgan fingerprint density at radius 2 is 1.19 bits per heavy atom. The Labute approximate surface area is 100 Å². The van der Waals surface area contributed by atoms with Crippen LogP contribution in [0.5, 0.6) is 0 Å². The largest absolute Gasteiger partial charge is 0.437 e. The number of rotatable bonds is 5. The third-order valence-electron chi connectivity index (χ3n) is 1.02. The first kappa shape index (κ1) is 16.4. The van der Waals surface area contributed by atoms with Gasteiger partial charge in [-0.05, 0) is 0 Å². The van der Waals surface area contributed by atoms with Crippen molar-refractivity contribution in [2.45, 2.75) is 21.4 Å². The third kappa shape index (κ3) is 3.45. The SMILES string of the molecule is FSC(F)(F)C(F)(F)OC(F)(F)C(F)(F)I. The molecule has 0 fully saturated rings. The van der Waals surface area contributed by atoms with Crippen molar-refractivity contribution in [1.82, 2.24) is 0 Å². The van der Waals surface area contributed by atoms with E-state index in [1.165, 1.54) is 0 Å². The van der Waals surface area contributed by atoms with Gasteiger partial charge in [-0.2, -0.15) is 39.0 Å². The van der Waals surface area contributed by atoms with Crippen molar-refractivity contribution in [2.24, 2.45) is 0 Å². The fourth-order valence-electron chi connectivity index (χ4n) is 0.323. The molecule has 0 heterocycles. The highest BCUT2D eigenvalue weighted by atomic mass is 127. The maximum absolute atomic E-state index is 12.2. The van der Waals surface area contributed by atoms with Crippen LogP contribution < -0.4 is 0 Å². The summed E-state index contributed by atoms with van der Waals surface area (Å²) < 4.78 is 105. The predicted molar refractivity (Wildman–Crippen MR) is 43.6 cm³/mol. The first-order valence-corrected chi connectivity index (χ1v) is 4.76. The van der Waals surface area contributed by atoms with Crippen molar-refractivity contribution in [1.29, 1.82) is 0 Å². The van der Waals surface area contributed by atoms with E-state index in [0.717, 1.165) is 0 Å². The van der Waals surface area contributed by atoms with Crippen LogP contribution in [0.3, 0.4) is 0 Å². The summed E-state index contributed by atoms with van der Waals surface area (Å²) in [5.41, 5.74) is 0. The Bertz CT molecular complexity index is 250. The second-order valence-electron chi connectivity index (χ2n) is 2.23. The molecule has 0 amide bonds. The third-order valence-corrected chi connectivity index (χ3v) is 2.08. The fourth-order valence-corrected chi connectivity index (χ4v) is 0.565. The van der Waals surface area contributed by atoms with E-state index < -0.39 is 33.5 Å². The molecule has 0 aliphatic heterocycles. The normalized spacial score (nSPS) is 15.4. The van der Waals surface area contributed by atoms with E-state index in [-0.39, 0.29) is 22.6 Å². The molecule has 0 bridgehead atoms. The van der Waals surface area contributed by atoms with Gasteiger partial charge in [-0.3, -0.25) is 0 Å². The molecule has 0 spiro atoms. The fraction of sp³-hybridized carbons (Fsp3) is 1.00. The van der Waals surface area contributed by atoms with Crippen LogP contribution in [0.1, 0.15) is 0 Å². The van der Waals surface area contributed by atoms with Gasteiger partial charge in [0, 0.05) is 22.6 Å². The quantitative estimate of drug-likeness (QED) is 0.388. The van der Waals surface area contributed by atoms with Gasteiger partial charge in [0.25, 0.3) is 0 Å². The second kappa shape index (κ2) is 4.59. The minimum atomic E-state index is -6.09. The van der Waals surface area contributed by atoms with Crippen LogP contribution in [0.25, 0.3) is 0 Å². The van der Waals surface area contributed by atoms with E-state index in [0.29, 0.717) is 0 Å². The van der Waals surface area contributed by atoms with Gasteiger partial charge in [0.1, 0.15) is 12.1 Å². The van der Waals surface area contributed by atoms with Crippen molar-refractivity contribution in [2.75, 3.05) is 0 Å². The van der Waals surface area contributed by atoms with Crippen molar-refractivity contribution in [3.63, 3.8) is 0 Å². The highest BCUT2D eigenvalue weighted by Crippen LogP contribution is 2.50. The van der Waals surface area contributed by atoms with Gasteiger partial charge < -0.3 is 0 Å². The van der Waals surface area contributed by atoms with Gasteiger partial charge in [-0.15, -0.1) is 0 Å². The lowest BCUT2D eigenvalue weighted by Gasteiger charge is -2.28. The lowest BCUT2D eigenvalue weighted by atomic mass is 10.6. The molecular formula is C4F9IOS. The highest BCUT2D eigenvalue weighted by Gasteiger charge is 2.69. The summed E-state index contributed by atoms with van der Waals surface area (Å²) in [5.74, 6) is 0. The predicted octanol–water partition coefficient (Wildman–Crippen LogP) is 4.43. The molecule has 98 valence electrons. The molecule has 0 saturated heterocycles. The maximum Gasteiger partial charge on any atom is 0.437 e. The van der Waals surface area contributed by atoms with Gasteiger partial charge in [-0.1, -0.05) is 0 Å². The van der Waals surface area contributed by atoms with Gasteiger partial charge in [0.2, 0.25) is 0 Å². The number of alkyl halides is 9. The minimum absolute atomic E-state index is 0.287. The second-order valence-corrected chi connectivity index (χ2v) is 4.25. The van der Waals surface area contributed by atoms with Gasteiger partial charge in [-0.25, -0.2) is 4.74 Å². The van der Waals surface area contributed by atoms with E-state index in [9.17, 15) is 39.0 Å². The Morgan fingerprint density at radius 1 is 0.812 bits per heavy atom. The van der Waals surface area contributed by atoms with Crippen molar-refractivity contribution < 1.29 is 43.7 Å². The van der Waals surface area contributed by atoms with Crippen molar-refractivity contribution in [3.05, 3.63) is 0 Å². The number of ether oxygens (including phenoxy) is 1. The van der Waals surface area contributed by atoms with Crippen LogP contribution >= 0.6 is 34.7 Å². The standard InChI is InChI=1S/C4F9IOS/c5-1(6,14)2(7,8)15-3(9,10)4(11,12)16-13. The summed E-state index contributed by atoms with van der Waals surface area (Å²) in [4.78, 5) is 0. The smallest absolute Gasteiger partial charge is 0.244 e. The molecular weight excluding hydrogens is 394 g/mol. The zero-order valence-corrected chi connectivity index (χ0v) is 9.57. The molecule has 0 aliphatic rings. The van der Waals surface area contributed by atoms with Crippen LogP contribution in [0.4, 0.5) is 39.0 Å². The van der Waals surface area contributed by atoms with Gasteiger partial charge >= 0.3 is 21.4 Å². The summed E-state index contributed by atoms with van der Waals surface area (Å²) in [6.07, 6.45) is -12.0. The monoisotopic (exact) mass is 394 g/mol. The van der Waals surface area contributed by atoms with Crippen LogP contribution in [-0.4, -0.2) is 21.4 Å². The molecule has 0 radical (unpaired) electrons. The summed E-state index contributed by atoms with van der Waals surface area (Å²) in [7, 11) is 0. The van der Waals surface area contributed by atoms with E-state index >= 15 is 0 Å². The molecule has 0 aromatic rings. The van der Waals surface area contributed by atoms with Crippen LogP contribution in [0.15, 0.2) is 0 Å². The summed E-state index contributed by atoms with van der Waals surface area (Å²) in [6, 6.07) is 0. The molecule has 0 rings (SSSR count). The van der Waals surface area contributed by atoms with E-state index in [4.69, 9.17) is 0 Å². The Hall–Kier alpha value is 0.410. The lowest BCUT2D eigenvalue weighted by Crippen LogP contribution is -2.50. The first-order valence-electron chi connectivity index (χ1n) is 2.97. The van der Waals surface area contributed by atoms with Gasteiger partial charge in [0.15, 0.2) is 0 Å². The Kier molecular flexibility index (Phi) is 4.71. The first-order chi connectivity index (χ1) is 6.77. The molecule has 0 saturated carbocycles. The highest BCUT2D eigenvalue weighted by molar-refractivity contribution is 14.1. The molecule has 1 nitrogen and oxygen atoms in total. The molecule has 0 N–H and O–H groups in total. The van der Waals surface area contributed by atoms with E-state index in [2.05, 4.69) is 0 Å². The number of halogens is 10. The molecule has 0 aliphatic carbocycles. The summed E-state index contributed by atoms with van der Waals surface area (Å²) >= 11 is -2.59. The molecule has 0 atom stereocenters. The minimum Gasteiger partial charge on any atom is -0.244 e. The van der Waals surface area contributed by atoms with Crippen LogP contribution in [0, 0.1) is 0 Å². The Balaban J connectivity index is 4.99. The average Bonchev–Trinajstić information content (AvgIpc) is 1.99. The van der Waals surface area contributed by atoms with E-state index in [1.807, 2.05) is 4.74 Å². The molecule has 0 aromatic heterocycles. The van der Waals surface area contributed by atoms with Crippen LogP contribution in [-0.2, 0) is 4.74 Å². The number of hydrogen-bond donors (Lipinski definition) is 0. The summed E-state index contributed by atoms with van der Waals surface area (Å²) in [6.45, 7) is 0. The van der Waals surface area contributed by atoms with Crippen LogP contribution in [0.2, 0.25) is 0 Å². The van der Waals surface area contributed by atoms with E-state index in [1.54, 1.807) is 0 Å². The average molecular weight is 394 g/mol. The lowest BCUT2D eigenvalue weighted by molar-refractivity contribution is -0.437. The topological polar surface area (TPSA) is 9.23 Å². The molecule has 0 aromatic carbocycles. The van der Waals surface area contributed by atoms with Crippen molar-refractivity contribution in [3.8, 4) is 0 Å². The van der Waals surface area contributed by atoms with Crippen molar-refractivity contribution >= 4 is 34.7 Å². The Morgan fingerprint density at radius 3 is 1.44 bits per heavy atom. The zero-order valence-electron chi connectivity index (χ0n) is 6.60. The molecule has 0 unspecified atom stereocenters. The van der Waals surface area contributed by atoms with Gasteiger partial charge in [0.05, 0.1) is 0 Å². The number of hydrogen-bond acceptors (Lipinski definition) is 2. The zero-order chi connectivity index (χ0) is 13.4. The summed E-state index contributed by atoms with van der Waals surface area (Å²) in [5, 5.41) is -5.71. The molecule has 16 heavy (non-hydrogen) atoms. The maximum atomic E-state index is 12.2.